The van der Waals surface area contributed by atoms with Crippen LogP contribution in [0, 0.1) is 0 Å². The van der Waals surface area contributed by atoms with E-state index < -0.39 is 0 Å². The Bertz CT molecular complexity index is 38.7. The molecular weight excluding hydrogens is 136 g/mol. The van der Waals surface area contributed by atoms with E-state index in [9.17, 15) is 4.79 Å². The number of hydrogen-bond donors (Lipinski definition) is 1. The standard InChI is InChI=1S/C4H7O2.Fe/c5-3-1-2-4-6;/h5H,1-3H2;/q-1;. The van der Waals surface area contributed by atoms with Crippen LogP contribution in [0.15, 0.2) is 0 Å². The van der Waals surface area contributed by atoms with Gasteiger partial charge in [0.1, 0.15) is 0 Å². The number of unbranched alkanes of at least 4 members (excludes halogenated alkanes) is 1. The largest absolute Gasteiger partial charge is 0.542 e. The topological polar surface area (TPSA) is 37.3 Å². The Balaban J connectivity index is 0. The van der Waals surface area contributed by atoms with Gasteiger partial charge in [-0.15, -0.1) is 0 Å². The second-order valence-corrected chi connectivity index (χ2v) is 0.971. The van der Waals surface area contributed by atoms with Crippen LogP contribution >= 0.6 is 0 Å². The molecule has 0 aromatic rings. The van der Waals surface area contributed by atoms with Crippen molar-refractivity contribution in [1.82, 2.24) is 0 Å². The van der Waals surface area contributed by atoms with Gasteiger partial charge in [0.05, 0.1) is 0 Å². The molecule has 0 aromatic heterocycles. The van der Waals surface area contributed by atoms with Gasteiger partial charge in [-0.05, 0) is 0 Å². The van der Waals surface area contributed by atoms with Crippen molar-refractivity contribution >= 4 is 6.29 Å². The molecule has 0 heterocycles. The van der Waals surface area contributed by atoms with Gasteiger partial charge in [0.15, 0.2) is 0 Å². The molecule has 2 nitrogen and oxygen atoms in total. The first-order valence-electron chi connectivity index (χ1n) is 1.87. The number of hydrogen-bond acceptors (Lipinski definition) is 2. The van der Waals surface area contributed by atoms with E-state index in [-0.39, 0.29) is 23.7 Å². The van der Waals surface area contributed by atoms with Crippen LogP contribution in [0.5, 0.6) is 0 Å². The molecule has 3 heteroatoms. The average Bonchev–Trinajstić information content (AvgIpc) is 1.61. The van der Waals surface area contributed by atoms with Crippen LogP contribution in [0.1, 0.15) is 12.8 Å². The summed E-state index contributed by atoms with van der Waals surface area (Å²) in [6.45, 7) is 0.0925. The fourth-order valence-electron chi connectivity index (χ4n) is 0.151. The van der Waals surface area contributed by atoms with Crippen LogP contribution in [0.4, 0.5) is 0 Å². The van der Waals surface area contributed by atoms with Gasteiger partial charge in [0.2, 0.25) is 0 Å². The summed E-state index contributed by atoms with van der Waals surface area (Å²) < 4.78 is 0. The number of aliphatic hydroxyl groups excluding tert-OH is 1. The van der Waals surface area contributed by atoms with E-state index in [0.717, 1.165) is 0 Å². The average molecular weight is 143 g/mol. The van der Waals surface area contributed by atoms with Gasteiger partial charge in [0, 0.05) is 23.7 Å². The smallest absolute Gasteiger partial charge is 0.0408 e. The second kappa shape index (κ2) is 9.47. The minimum Gasteiger partial charge on any atom is -0.542 e. The van der Waals surface area contributed by atoms with Crippen LogP contribution in [0.25, 0.3) is 0 Å². The summed E-state index contributed by atoms with van der Waals surface area (Å²) in [7, 11) is 0. The van der Waals surface area contributed by atoms with Gasteiger partial charge in [-0.3, -0.25) is 6.29 Å². The van der Waals surface area contributed by atoms with Crippen LogP contribution in [0.2, 0.25) is 0 Å². The Labute approximate surface area is 53.4 Å². The van der Waals surface area contributed by atoms with Gasteiger partial charge in [-0.2, -0.15) is 6.42 Å². The molecule has 0 aliphatic heterocycles. The zero-order valence-corrected chi connectivity index (χ0v) is 4.93. The molecule has 1 N–H and O–H groups in total. The Hall–Kier alpha value is 0.149. The number of aliphatic hydroxyl groups is 1. The van der Waals surface area contributed by atoms with Crippen LogP contribution in [-0.2, 0) is 21.9 Å². The summed E-state index contributed by atoms with van der Waals surface area (Å²) in [4.78, 5) is 9.33. The van der Waals surface area contributed by atoms with Crippen molar-refractivity contribution in [3.8, 4) is 0 Å². The van der Waals surface area contributed by atoms with Crippen molar-refractivity contribution in [1.29, 1.82) is 0 Å². The minimum atomic E-state index is 0. The van der Waals surface area contributed by atoms with E-state index in [1.54, 1.807) is 6.29 Å². The first kappa shape index (κ1) is 10.2. The Morgan fingerprint density at radius 2 is 2.14 bits per heavy atom. The predicted molar refractivity (Wildman–Crippen MR) is 22.0 cm³/mol. The van der Waals surface area contributed by atoms with Crippen molar-refractivity contribution in [2.45, 2.75) is 12.8 Å². The Morgan fingerprint density at radius 1 is 1.57 bits per heavy atom. The first-order valence-corrected chi connectivity index (χ1v) is 1.87. The number of carbonyl (C=O) groups excluding carboxylic acids is 1. The molecule has 0 bridgehead atoms. The SMILES string of the molecule is O=[C-]CCCO.[Fe]. The van der Waals surface area contributed by atoms with Gasteiger partial charge in [0.25, 0.3) is 0 Å². The molecule has 0 aliphatic carbocycles. The van der Waals surface area contributed by atoms with Crippen LogP contribution in [0.3, 0.4) is 0 Å². The Kier molecular flexibility index (Phi) is 13.8. The van der Waals surface area contributed by atoms with Crippen molar-refractivity contribution in [2.24, 2.45) is 0 Å². The van der Waals surface area contributed by atoms with Gasteiger partial charge in [-0.1, -0.05) is 6.42 Å². The summed E-state index contributed by atoms with van der Waals surface area (Å²) >= 11 is 0. The van der Waals surface area contributed by atoms with E-state index >= 15 is 0 Å². The molecule has 0 spiro atoms. The maximum absolute atomic E-state index is 9.33. The maximum atomic E-state index is 9.33. The van der Waals surface area contributed by atoms with Crippen molar-refractivity contribution in [3.05, 3.63) is 0 Å². The van der Waals surface area contributed by atoms with Crippen LogP contribution in [-0.4, -0.2) is 18.0 Å². The summed E-state index contributed by atoms with van der Waals surface area (Å²) in [6.07, 6.45) is 2.56. The fraction of sp³-hybridized carbons (Fsp3) is 0.750. The molecule has 0 amide bonds. The normalized spacial score (nSPS) is 7.00. The van der Waals surface area contributed by atoms with E-state index in [2.05, 4.69) is 0 Å². The van der Waals surface area contributed by atoms with Crippen LogP contribution < -0.4 is 0 Å². The molecule has 0 aliphatic rings. The summed E-state index contributed by atoms with van der Waals surface area (Å²) in [6, 6.07) is 0. The van der Waals surface area contributed by atoms with Crippen molar-refractivity contribution in [2.75, 3.05) is 6.61 Å². The molecule has 0 atom stereocenters. The third-order valence-corrected chi connectivity index (χ3v) is 0.437. The van der Waals surface area contributed by atoms with Crippen molar-refractivity contribution < 1.29 is 27.0 Å². The fourth-order valence-corrected chi connectivity index (χ4v) is 0.151. The van der Waals surface area contributed by atoms with E-state index in [1.807, 2.05) is 0 Å². The molecule has 0 rings (SSSR count). The monoisotopic (exact) mass is 143 g/mol. The molecule has 0 unspecified atom stereocenters. The second-order valence-electron chi connectivity index (χ2n) is 0.971. The van der Waals surface area contributed by atoms with E-state index in [0.29, 0.717) is 12.8 Å². The summed E-state index contributed by atoms with van der Waals surface area (Å²) in [5.74, 6) is 0. The molecule has 44 valence electrons. The molecule has 0 fully saturated rings. The minimum absolute atomic E-state index is 0. The zero-order valence-electron chi connectivity index (χ0n) is 3.83. The number of rotatable bonds is 3. The van der Waals surface area contributed by atoms with E-state index in [1.165, 1.54) is 0 Å². The van der Waals surface area contributed by atoms with E-state index in [4.69, 9.17) is 5.11 Å². The molecule has 7 heavy (non-hydrogen) atoms. The molecular formula is C4H7FeO2-. The van der Waals surface area contributed by atoms with Gasteiger partial charge >= 0.3 is 0 Å². The first-order chi connectivity index (χ1) is 2.91. The third kappa shape index (κ3) is 10.7. The zero-order chi connectivity index (χ0) is 4.83. The van der Waals surface area contributed by atoms with Gasteiger partial charge < -0.3 is 9.90 Å². The predicted octanol–water partition coefficient (Wildman–Crippen LogP) is -0.134. The molecule has 0 radical (unpaired) electrons. The molecule has 0 aromatic carbocycles. The molecule has 0 saturated heterocycles. The van der Waals surface area contributed by atoms with Crippen molar-refractivity contribution in [3.63, 3.8) is 0 Å². The molecule has 0 saturated carbocycles. The van der Waals surface area contributed by atoms with Gasteiger partial charge in [-0.25, -0.2) is 0 Å². The quantitative estimate of drug-likeness (QED) is 0.339. The third-order valence-electron chi connectivity index (χ3n) is 0.437. The maximum Gasteiger partial charge on any atom is 0.0408 e. The Morgan fingerprint density at radius 3 is 2.29 bits per heavy atom. The summed E-state index contributed by atoms with van der Waals surface area (Å²) in [5.41, 5.74) is 0. The summed E-state index contributed by atoms with van der Waals surface area (Å²) in [5, 5.41) is 8.02.